The molecule has 0 aliphatic rings. The van der Waals surface area contributed by atoms with Crippen LogP contribution >= 0.6 is 8.60 Å². The highest BCUT2D eigenvalue weighted by Crippen LogP contribution is 2.24. The van der Waals surface area contributed by atoms with Gasteiger partial charge in [-0.25, -0.2) is 4.79 Å². The third-order valence-electron chi connectivity index (χ3n) is 1.68. The topological polar surface area (TPSA) is 177 Å². The molecule has 0 bridgehead atoms. The maximum atomic E-state index is 10.9. The molecule has 10 nitrogen and oxygen atoms in total. The molecule has 0 aliphatic heterocycles. The number of carbonyl (C=O) groups excluding carboxylic acids is 1. The van der Waals surface area contributed by atoms with E-state index in [2.05, 4.69) is 9.56 Å². The Labute approximate surface area is 96.2 Å². The Kier molecular flexibility index (Phi) is 7.63. The number of hydrogen-bond donors (Lipinski definition) is 7. The van der Waals surface area contributed by atoms with Crippen molar-refractivity contribution in [3.05, 3.63) is 0 Å². The second-order valence-electron chi connectivity index (χ2n) is 2.91. The lowest BCUT2D eigenvalue weighted by Gasteiger charge is -2.23. The van der Waals surface area contributed by atoms with Gasteiger partial charge in [0.05, 0.1) is 6.61 Å². The van der Waals surface area contributed by atoms with Gasteiger partial charge in [-0.15, -0.1) is 4.67 Å². The zero-order valence-electron chi connectivity index (χ0n) is 8.32. The van der Waals surface area contributed by atoms with E-state index in [0.717, 1.165) is 0 Å². The highest BCUT2D eigenvalue weighted by molar-refractivity contribution is 7.39. The summed E-state index contributed by atoms with van der Waals surface area (Å²) in [6.45, 7) is -0.908. The SMILES string of the molecule is O=C(OOP(O)O)C(O)C(O)C(O)C(O)CO. The van der Waals surface area contributed by atoms with Gasteiger partial charge in [0.15, 0.2) is 6.10 Å². The van der Waals surface area contributed by atoms with Gasteiger partial charge in [-0.1, -0.05) is 0 Å². The monoisotopic (exact) mass is 276 g/mol. The molecule has 0 aromatic heterocycles. The maximum absolute atomic E-state index is 10.9. The van der Waals surface area contributed by atoms with E-state index < -0.39 is 45.6 Å². The molecular formula is C6H13O10P. The summed E-state index contributed by atoms with van der Waals surface area (Å²) in [6.07, 6.45) is -8.24. The first kappa shape index (κ1) is 16.6. The molecule has 102 valence electrons. The van der Waals surface area contributed by atoms with Gasteiger partial charge in [0.25, 0.3) is 0 Å². The standard InChI is InChI=1S/C6H13O10P/c7-1-2(8)3(9)4(10)5(11)6(12)15-16-17(13)14/h2-5,7-11,13-14H,1H2. The summed E-state index contributed by atoms with van der Waals surface area (Å²) in [6, 6.07) is 0. The fraction of sp³-hybridized carbons (Fsp3) is 0.833. The summed E-state index contributed by atoms with van der Waals surface area (Å²) in [7, 11) is -3.00. The molecule has 0 rings (SSSR count). The molecule has 0 fully saturated rings. The van der Waals surface area contributed by atoms with E-state index in [1.54, 1.807) is 0 Å². The fourth-order valence-corrected chi connectivity index (χ4v) is 0.921. The quantitative estimate of drug-likeness (QED) is 0.138. The Bertz CT molecular complexity index is 235. The zero-order valence-corrected chi connectivity index (χ0v) is 9.21. The first-order valence-electron chi connectivity index (χ1n) is 4.20. The van der Waals surface area contributed by atoms with Crippen molar-refractivity contribution in [2.45, 2.75) is 24.4 Å². The lowest BCUT2D eigenvalue weighted by atomic mass is 10.0. The van der Waals surface area contributed by atoms with Crippen LogP contribution in [0.15, 0.2) is 0 Å². The van der Waals surface area contributed by atoms with Crippen LogP contribution in [0.4, 0.5) is 0 Å². The average molecular weight is 276 g/mol. The van der Waals surface area contributed by atoms with E-state index in [4.69, 9.17) is 30.2 Å². The summed E-state index contributed by atoms with van der Waals surface area (Å²) >= 11 is 0. The van der Waals surface area contributed by atoms with Crippen molar-refractivity contribution < 1.29 is 49.7 Å². The Morgan fingerprint density at radius 2 is 1.65 bits per heavy atom. The smallest absolute Gasteiger partial charge is 0.373 e. The molecule has 4 unspecified atom stereocenters. The minimum Gasteiger partial charge on any atom is -0.394 e. The third kappa shape index (κ3) is 5.64. The number of rotatable bonds is 7. The summed E-state index contributed by atoms with van der Waals surface area (Å²) in [5.74, 6) is -1.61. The number of hydrogen-bond acceptors (Lipinski definition) is 10. The maximum Gasteiger partial charge on any atom is 0.373 e. The fourth-order valence-electron chi connectivity index (χ4n) is 0.781. The predicted molar refractivity (Wildman–Crippen MR) is 49.6 cm³/mol. The van der Waals surface area contributed by atoms with Gasteiger partial charge in [0, 0.05) is 0 Å². The van der Waals surface area contributed by atoms with Crippen LogP contribution in [0.1, 0.15) is 0 Å². The molecule has 17 heavy (non-hydrogen) atoms. The molecule has 0 amide bonds. The molecule has 4 atom stereocenters. The molecule has 0 radical (unpaired) electrons. The van der Waals surface area contributed by atoms with Crippen LogP contribution < -0.4 is 0 Å². The van der Waals surface area contributed by atoms with Crippen molar-refractivity contribution in [1.82, 2.24) is 0 Å². The number of carbonyl (C=O) groups is 1. The summed E-state index contributed by atoms with van der Waals surface area (Å²) in [4.78, 5) is 31.0. The van der Waals surface area contributed by atoms with E-state index in [1.807, 2.05) is 0 Å². The van der Waals surface area contributed by atoms with Crippen molar-refractivity contribution in [2.75, 3.05) is 6.61 Å². The number of aliphatic hydroxyl groups is 5. The van der Waals surface area contributed by atoms with Gasteiger partial charge in [-0.2, -0.15) is 0 Å². The molecule has 11 heteroatoms. The second-order valence-corrected chi connectivity index (χ2v) is 3.56. The molecule has 0 aliphatic carbocycles. The Hall–Kier alpha value is -0.420. The molecule has 0 aromatic carbocycles. The van der Waals surface area contributed by atoms with E-state index in [9.17, 15) is 9.90 Å². The first-order valence-corrected chi connectivity index (χ1v) is 5.37. The molecule has 7 N–H and O–H groups in total. The van der Waals surface area contributed by atoms with Crippen LogP contribution in [0.3, 0.4) is 0 Å². The van der Waals surface area contributed by atoms with Gasteiger partial charge in [0.1, 0.15) is 18.3 Å². The Balaban J connectivity index is 4.28. The normalized spacial score (nSPS) is 18.6. The van der Waals surface area contributed by atoms with Crippen LogP contribution in [0.25, 0.3) is 0 Å². The minimum atomic E-state index is -3.00. The van der Waals surface area contributed by atoms with Crippen LogP contribution in [-0.4, -0.2) is 72.3 Å². The zero-order chi connectivity index (χ0) is 13.6. The summed E-state index contributed by atoms with van der Waals surface area (Å²) in [5.41, 5.74) is 0. The summed E-state index contributed by atoms with van der Waals surface area (Å²) < 4.78 is 3.60. The Morgan fingerprint density at radius 1 is 1.12 bits per heavy atom. The average Bonchev–Trinajstić information content (AvgIpc) is 2.31. The van der Waals surface area contributed by atoms with Gasteiger partial charge < -0.3 is 35.3 Å². The van der Waals surface area contributed by atoms with Crippen molar-refractivity contribution >= 4 is 14.6 Å². The van der Waals surface area contributed by atoms with E-state index >= 15 is 0 Å². The summed E-state index contributed by atoms with van der Waals surface area (Å²) in [5, 5.41) is 44.8. The number of aliphatic hydroxyl groups excluding tert-OH is 5. The molecule has 0 spiro atoms. The van der Waals surface area contributed by atoms with Gasteiger partial charge >= 0.3 is 14.6 Å². The molecule has 0 saturated carbocycles. The van der Waals surface area contributed by atoms with E-state index in [0.29, 0.717) is 0 Å². The highest BCUT2D eigenvalue weighted by Gasteiger charge is 2.36. The molecule has 0 heterocycles. The van der Waals surface area contributed by atoms with Crippen molar-refractivity contribution in [3.8, 4) is 0 Å². The minimum absolute atomic E-state index is 0.908. The van der Waals surface area contributed by atoms with Crippen LogP contribution in [0.2, 0.25) is 0 Å². The second kappa shape index (κ2) is 7.82. The van der Waals surface area contributed by atoms with Gasteiger partial charge in [-0.05, 0) is 0 Å². The van der Waals surface area contributed by atoms with Crippen LogP contribution in [-0.2, 0) is 14.4 Å². The lowest BCUT2D eigenvalue weighted by Crippen LogP contribution is -2.49. The molecular weight excluding hydrogens is 263 g/mol. The van der Waals surface area contributed by atoms with Gasteiger partial charge in [0.2, 0.25) is 0 Å². The predicted octanol–water partition coefficient (Wildman–Crippen LogP) is -3.89. The highest BCUT2D eigenvalue weighted by atomic mass is 31.2. The van der Waals surface area contributed by atoms with Gasteiger partial charge in [-0.3, -0.25) is 4.89 Å². The van der Waals surface area contributed by atoms with Crippen molar-refractivity contribution in [2.24, 2.45) is 0 Å². The lowest BCUT2D eigenvalue weighted by molar-refractivity contribution is -0.234. The Morgan fingerprint density at radius 3 is 2.06 bits per heavy atom. The van der Waals surface area contributed by atoms with Crippen LogP contribution in [0.5, 0.6) is 0 Å². The third-order valence-corrected chi connectivity index (χ3v) is 1.89. The van der Waals surface area contributed by atoms with Crippen LogP contribution in [0, 0.1) is 0 Å². The first-order chi connectivity index (χ1) is 7.81. The largest absolute Gasteiger partial charge is 0.394 e. The van der Waals surface area contributed by atoms with Crippen molar-refractivity contribution in [1.29, 1.82) is 0 Å². The van der Waals surface area contributed by atoms with Crippen molar-refractivity contribution in [3.63, 3.8) is 0 Å². The molecule has 0 aromatic rings. The van der Waals surface area contributed by atoms with E-state index in [-0.39, 0.29) is 0 Å². The molecule has 0 saturated heterocycles. The van der Waals surface area contributed by atoms with E-state index in [1.165, 1.54) is 0 Å².